The zero-order valence-electron chi connectivity index (χ0n) is 17.4. The van der Waals surface area contributed by atoms with Gasteiger partial charge in [-0.3, -0.25) is 14.5 Å². The third-order valence-corrected chi connectivity index (χ3v) is 7.00. The first-order valence-corrected chi connectivity index (χ1v) is 12.0. The summed E-state index contributed by atoms with van der Waals surface area (Å²) in [6.07, 6.45) is 4.45. The van der Waals surface area contributed by atoms with Crippen molar-refractivity contribution in [1.29, 1.82) is 0 Å². The van der Waals surface area contributed by atoms with Gasteiger partial charge in [0.2, 0.25) is 5.91 Å². The lowest BCUT2D eigenvalue weighted by molar-refractivity contribution is -0.122. The lowest BCUT2D eigenvalue weighted by Crippen LogP contribution is -2.29. The minimum atomic E-state index is -0.123. The molecule has 1 aliphatic heterocycles. The molecule has 2 aromatic rings. The summed E-state index contributed by atoms with van der Waals surface area (Å²) in [5, 5.41) is 3.50. The van der Waals surface area contributed by atoms with E-state index in [2.05, 4.69) is 5.32 Å². The van der Waals surface area contributed by atoms with Crippen LogP contribution in [0, 0.1) is 0 Å². The number of hydrogen-bond donors (Lipinski definition) is 1. The van der Waals surface area contributed by atoms with E-state index in [1.807, 2.05) is 30.3 Å². The summed E-state index contributed by atoms with van der Waals surface area (Å²) in [5.74, 6) is 0.561. The number of anilines is 1. The highest BCUT2D eigenvalue weighted by atomic mass is 35.5. The Morgan fingerprint density at radius 1 is 1.16 bits per heavy atom. The number of hydrogen-bond acceptors (Lipinski definition) is 5. The van der Waals surface area contributed by atoms with Gasteiger partial charge in [0.05, 0.1) is 27.7 Å². The Labute approximate surface area is 207 Å². The molecule has 1 heterocycles. The highest BCUT2D eigenvalue weighted by molar-refractivity contribution is 8.26. The fraction of sp³-hybridized carbons (Fsp3) is 0.261. The summed E-state index contributed by atoms with van der Waals surface area (Å²) in [4.78, 5) is 27.1. The van der Waals surface area contributed by atoms with E-state index in [9.17, 15) is 9.59 Å². The molecule has 0 aromatic heterocycles. The standard InChI is InChI=1S/C23H22Cl2N2O3S2/c1-30-16-11-9-15(10-12-16)14-19-22(29)27(23(31)32-19)13-4-2-3-8-20(28)26-18-7-5-6-17(24)21(18)25/h5-7,9-12,14H,2-4,8,13H2,1H3,(H,26,28). The summed E-state index contributed by atoms with van der Waals surface area (Å²) < 4.78 is 5.71. The van der Waals surface area contributed by atoms with Gasteiger partial charge in [-0.1, -0.05) is 71.8 Å². The number of thiocarbonyl (C=S) groups is 1. The van der Waals surface area contributed by atoms with Crippen LogP contribution in [0.4, 0.5) is 5.69 Å². The van der Waals surface area contributed by atoms with Gasteiger partial charge in [-0.25, -0.2) is 0 Å². The van der Waals surface area contributed by atoms with Crippen LogP contribution < -0.4 is 10.1 Å². The van der Waals surface area contributed by atoms with Gasteiger partial charge in [0.1, 0.15) is 10.1 Å². The minimum Gasteiger partial charge on any atom is -0.497 e. The molecule has 2 aromatic carbocycles. The predicted octanol–water partition coefficient (Wildman–Crippen LogP) is 6.40. The Bertz CT molecular complexity index is 1040. The summed E-state index contributed by atoms with van der Waals surface area (Å²) in [6, 6.07) is 12.6. The second-order valence-corrected chi connectivity index (χ2v) is 9.53. The number of benzene rings is 2. The van der Waals surface area contributed by atoms with Crippen molar-refractivity contribution in [2.75, 3.05) is 19.0 Å². The van der Waals surface area contributed by atoms with Crippen molar-refractivity contribution in [3.05, 3.63) is 63.0 Å². The fourth-order valence-corrected chi connectivity index (χ4v) is 4.75. The van der Waals surface area contributed by atoms with Crippen LogP contribution in [0.25, 0.3) is 6.08 Å². The summed E-state index contributed by atoms with van der Waals surface area (Å²) in [5.41, 5.74) is 1.42. The third-order valence-electron chi connectivity index (χ3n) is 4.80. The molecule has 0 spiro atoms. The molecule has 5 nitrogen and oxygen atoms in total. The van der Waals surface area contributed by atoms with Gasteiger partial charge in [0.15, 0.2) is 0 Å². The predicted molar refractivity (Wildman–Crippen MR) is 136 cm³/mol. The van der Waals surface area contributed by atoms with Crippen molar-refractivity contribution in [1.82, 2.24) is 4.90 Å². The maximum Gasteiger partial charge on any atom is 0.266 e. The third kappa shape index (κ3) is 6.48. The molecule has 0 unspecified atom stereocenters. The molecule has 3 rings (SSSR count). The van der Waals surface area contributed by atoms with Gasteiger partial charge in [-0.05, 0) is 48.7 Å². The van der Waals surface area contributed by atoms with Crippen molar-refractivity contribution in [3.8, 4) is 5.75 Å². The van der Waals surface area contributed by atoms with E-state index in [1.54, 1.807) is 30.2 Å². The second kappa shape index (κ2) is 11.7. The lowest BCUT2D eigenvalue weighted by atomic mass is 10.1. The molecule has 0 atom stereocenters. The van der Waals surface area contributed by atoms with E-state index in [-0.39, 0.29) is 11.8 Å². The van der Waals surface area contributed by atoms with Gasteiger partial charge in [0.25, 0.3) is 5.91 Å². The molecule has 32 heavy (non-hydrogen) atoms. The Balaban J connectivity index is 1.43. The molecule has 2 amide bonds. The van der Waals surface area contributed by atoms with Crippen molar-refractivity contribution in [2.24, 2.45) is 0 Å². The topological polar surface area (TPSA) is 58.6 Å². The number of unbranched alkanes of at least 4 members (excludes halogenated alkanes) is 2. The Morgan fingerprint density at radius 3 is 2.62 bits per heavy atom. The first-order chi connectivity index (χ1) is 15.4. The number of thioether (sulfide) groups is 1. The van der Waals surface area contributed by atoms with Gasteiger partial charge in [-0.15, -0.1) is 0 Å². The summed E-state index contributed by atoms with van der Waals surface area (Å²) in [7, 11) is 1.61. The fourth-order valence-electron chi connectivity index (χ4n) is 3.09. The van der Waals surface area contributed by atoms with Crippen LogP contribution in [0.5, 0.6) is 5.75 Å². The zero-order chi connectivity index (χ0) is 23.1. The quantitative estimate of drug-likeness (QED) is 0.241. The monoisotopic (exact) mass is 508 g/mol. The van der Waals surface area contributed by atoms with Crippen molar-refractivity contribution in [3.63, 3.8) is 0 Å². The van der Waals surface area contributed by atoms with Crippen molar-refractivity contribution < 1.29 is 14.3 Å². The number of nitrogens with zero attached hydrogens (tertiary/aromatic N) is 1. The number of methoxy groups -OCH3 is 1. The number of nitrogens with one attached hydrogen (secondary N) is 1. The average Bonchev–Trinajstić information content (AvgIpc) is 3.04. The number of rotatable bonds is 9. The van der Waals surface area contributed by atoms with E-state index in [1.165, 1.54) is 11.8 Å². The zero-order valence-corrected chi connectivity index (χ0v) is 20.5. The first kappa shape index (κ1) is 24.6. The SMILES string of the molecule is COc1ccc(C=C2SC(=S)N(CCCCCC(=O)Nc3cccc(Cl)c3Cl)C2=O)cc1. The maximum atomic E-state index is 12.7. The number of carbonyl (C=O) groups excluding carboxylic acids is 2. The van der Waals surface area contributed by atoms with Gasteiger partial charge < -0.3 is 10.1 Å². The largest absolute Gasteiger partial charge is 0.497 e. The highest BCUT2D eigenvalue weighted by Gasteiger charge is 2.31. The normalized spacial score (nSPS) is 14.8. The molecular formula is C23H22Cl2N2O3S2. The molecule has 1 N–H and O–H groups in total. The Morgan fingerprint density at radius 2 is 1.91 bits per heavy atom. The highest BCUT2D eigenvalue weighted by Crippen LogP contribution is 2.33. The molecule has 9 heteroatoms. The minimum absolute atomic E-state index is 0.0795. The lowest BCUT2D eigenvalue weighted by Gasteiger charge is -2.14. The second-order valence-electron chi connectivity index (χ2n) is 7.07. The van der Waals surface area contributed by atoms with Crippen LogP contribution in [0.1, 0.15) is 31.2 Å². The summed E-state index contributed by atoms with van der Waals surface area (Å²) in [6.45, 7) is 0.534. The molecule has 1 saturated heterocycles. The molecule has 0 bridgehead atoms. The molecular weight excluding hydrogens is 487 g/mol. The number of carbonyl (C=O) groups is 2. The molecule has 168 valence electrons. The van der Waals surface area contributed by atoms with E-state index in [4.69, 9.17) is 40.2 Å². The van der Waals surface area contributed by atoms with Gasteiger partial charge in [-0.2, -0.15) is 0 Å². The first-order valence-electron chi connectivity index (χ1n) is 10.0. The molecule has 1 aliphatic rings. The van der Waals surface area contributed by atoms with Crippen LogP contribution >= 0.6 is 47.2 Å². The molecule has 0 radical (unpaired) electrons. The Kier molecular flexibility index (Phi) is 8.99. The van der Waals surface area contributed by atoms with Gasteiger partial charge in [0, 0.05) is 13.0 Å². The van der Waals surface area contributed by atoms with E-state index >= 15 is 0 Å². The Hall–Kier alpha value is -2.06. The maximum absolute atomic E-state index is 12.7. The van der Waals surface area contributed by atoms with Crippen LogP contribution in [0.15, 0.2) is 47.4 Å². The van der Waals surface area contributed by atoms with E-state index < -0.39 is 0 Å². The van der Waals surface area contributed by atoms with Crippen LogP contribution in [-0.2, 0) is 9.59 Å². The van der Waals surface area contributed by atoms with Crippen molar-refractivity contribution in [2.45, 2.75) is 25.7 Å². The van der Waals surface area contributed by atoms with Crippen molar-refractivity contribution >= 4 is 75.1 Å². The molecule has 0 aliphatic carbocycles. The average molecular weight is 509 g/mol. The smallest absolute Gasteiger partial charge is 0.266 e. The van der Waals surface area contributed by atoms with Gasteiger partial charge >= 0.3 is 0 Å². The molecule has 0 saturated carbocycles. The van der Waals surface area contributed by atoms with E-state index in [0.29, 0.717) is 44.3 Å². The van der Waals surface area contributed by atoms with Crippen LogP contribution in [0.2, 0.25) is 10.0 Å². The van der Waals surface area contributed by atoms with E-state index in [0.717, 1.165) is 24.2 Å². The summed E-state index contributed by atoms with van der Waals surface area (Å²) >= 11 is 18.7. The van der Waals surface area contributed by atoms with Crippen LogP contribution in [-0.4, -0.2) is 34.7 Å². The number of amides is 2. The molecule has 1 fully saturated rings. The van der Waals surface area contributed by atoms with Crippen LogP contribution in [0.3, 0.4) is 0 Å². The number of halogens is 2. The number of ether oxygens (including phenoxy) is 1.